The van der Waals surface area contributed by atoms with E-state index in [9.17, 15) is 10.1 Å². The monoisotopic (exact) mass is 564 g/mol. The highest BCUT2D eigenvalue weighted by molar-refractivity contribution is 6.02. The predicted octanol–water partition coefficient (Wildman–Crippen LogP) is 5.12. The number of aromatic nitrogens is 3. The van der Waals surface area contributed by atoms with Gasteiger partial charge in [0.15, 0.2) is 12.4 Å². The number of nitriles is 1. The molecule has 0 spiro atoms. The first kappa shape index (κ1) is 28.6. The molecule has 2 N–H and O–H groups in total. The van der Waals surface area contributed by atoms with Crippen LogP contribution >= 0.6 is 0 Å². The topological polar surface area (TPSA) is 111 Å². The summed E-state index contributed by atoms with van der Waals surface area (Å²) in [5.74, 6) is 0.524. The van der Waals surface area contributed by atoms with Crippen molar-refractivity contribution in [1.29, 1.82) is 5.26 Å². The highest BCUT2D eigenvalue weighted by atomic mass is 16.5. The molecule has 10 heteroatoms. The van der Waals surface area contributed by atoms with Crippen molar-refractivity contribution in [2.75, 3.05) is 56.4 Å². The molecule has 1 aliphatic rings. The van der Waals surface area contributed by atoms with Crippen LogP contribution in [0.15, 0.2) is 55.4 Å². The fraction of sp³-hybridized carbons (Fsp3) is 0.312. The van der Waals surface area contributed by atoms with E-state index in [2.05, 4.69) is 61.0 Å². The Hall–Kier alpha value is -4.88. The van der Waals surface area contributed by atoms with Gasteiger partial charge in [-0.3, -0.25) is 4.79 Å². The van der Waals surface area contributed by atoms with E-state index in [1.807, 2.05) is 46.3 Å². The van der Waals surface area contributed by atoms with Crippen LogP contribution in [0.5, 0.6) is 5.75 Å². The number of carbonyl (C=O) groups excluding carboxylic acids is 1. The highest BCUT2D eigenvalue weighted by Gasteiger charge is 2.21. The number of likely N-dealkylation sites (N-methyl/N-ethyl adjacent to an activating group) is 2. The van der Waals surface area contributed by atoms with E-state index in [-0.39, 0.29) is 12.5 Å². The van der Waals surface area contributed by atoms with Crippen molar-refractivity contribution >= 4 is 39.8 Å². The summed E-state index contributed by atoms with van der Waals surface area (Å²) >= 11 is 0. The van der Waals surface area contributed by atoms with Crippen LogP contribution in [0.25, 0.3) is 22.2 Å². The molecular formula is C32H36N8O2. The lowest BCUT2D eigenvalue weighted by atomic mass is 10.0. The molecule has 5 rings (SSSR count). The van der Waals surface area contributed by atoms with Gasteiger partial charge >= 0.3 is 0 Å². The molecule has 2 aromatic carbocycles. The molecule has 0 saturated carbocycles. The zero-order valence-electron chi connectivity index (χ0n) is 24.6. The average molecular weight is 565 g/mol. The van der Waals surface area contributed by atoms with Crippen molar-refractivity contribution in [3.8, 4) is 23.1 Å². The fourth-order valence-electron chi connectivity index (χ4n) is 5.30. The molecule has 0 atom stereocenters. The van der Waals surface area contributed by atoms with Crippen LogP contribution in [0.1, 0.15) is 17.5 Å². The van der Waals surface area contributed by atoms with Crippen LogP contribution in [-0.2, 0) is 17.8 Å². The van der Waals surface area contributed by atoms with E-state index in [1.165, 1.54) is 17.2 Å². The minimum Gasteiger partial charge on any atom is -0.475 e. The summed E-state index contributed by atoms with van der Waals surface area (Å²) in [6.07, 6.45) is 7.10. The number of hydrogen-bond donors (Lipinski definition) is 2. The first-order chi connectivity index (χ1) is 20.3. The molecular weight excluding hydrogens is 528 g/mol. The van der Waals surface area contributed by atoms with Gasteiger partial charge in [-0.1, -0.05) is 24.8 Å². The van der Waals surface area contributed by atoms with Gasteiger partial charge in [0, 0.05) is 49.5 Å². The van der Waals surface area contributed by atoms with Crippen LogP contribution in [0.2, 0.25) is 0 Å². The number of benzene rings is 2. The van der Waals surface area contributed by atoms with Crippen molar-refractivity contribution in [3.05, 3.63) is 66.5 Å². The smallest absolute Gasteiger partial charge is 0.247 e. The second kappa shape index (κ2) is 12.3. The van der Waals surface area contributed by atoms with Gasteiger partial charge in [0.2, 0.25) is 11.9 Å². The first-order valence-electron chi connectivity index (χ1n) is 14.0. The molecule has 216 valence electrons. The Morgan fingerprint density at radius 3 is 2.83 bits per heavy atom. The summed E-state index contributed by atoms with van der Waals surface area (Å²) in [7, 11) is 6.06. The lowest BCUT2D eigenvalue weighted by Gasteiger charge is -2.25. The number of ether oxygens (including phenoxy) is 1. The van der Waals surface area contributed by atoms with Gasteiger partial charge in [-0.2, -0.15) is 5.26 Å². The summed E-state index contributed by atoms with van der Waals surface area (Å²) in [5, 5.41) is 16.6. The van der Waals surface area contributed by atoms with Crippen molar-refractivity contribution < 1.29 is 9.53 Å². The third kappa shape index (κ3) is 5.92. The number of carbonyl (C=O) groups is 1. The summed E-state index contributed by atoms with van der Waals surface area (Å²) in [6, 6.07) is 12.3. The molecule has 2 aromatic heterocycles. The molecule has 0 fully saturated rings. The Morgan fingerprint density at radius 2 is 2.07 bits per heavy atom. The number of nitrogens with zero attached hydrogens (tertiary/aromatic N) is 6. The Labute approximate surface area is 246 Å². The molecule has 42 heavy (non-hydrogen) atoms. The quantitative estimate of drug-likeness (QED) is 0.242. The molecule has 3 heterocycles. The second-order valence-electron chi connectivity index (χ2n) is 10.7. The van der Waals surface area contributed by atoms with Gasteiger partial charge < -0.3 is 29.7 Å². The molecule has 0 saturated heterocycles. The highest BCUT2D eigenvalue weighted by Crippen LogP contribution is 2.39. The van der Waals surface area contributed by atoms with Gasteiger partial charge in [0.1, 0.15) is 11.8 Å². The van der Waals surface area contributed by atoms with E-state index in [1.54, 1.807) is 6.20 Å². The summed E-state index contributed by atoms with van der Waals surface area (Å²) in [4.78, 5) is 26.0. The zero-order chi connectivity index (χ0) is 29.8. The van der Waals surface area contributed by atoms with Crippen molar-refractivity contribution in [1.82, 2.24) is 19.4 Å². The van der Waals surface area contributed by atoms with Gasteiger partial charge in [-0.15, -0.1) is 0 Å². The summed E-state index contributed by atoms with van der Waals surface area (Å²) in [6.45, 7) is 8.07. The van der Waals surface area contributed by atoms with E-state index in [0.29, 0.717) is 23.1 Å². The Kier molecular flexibility index (Phi) is 8.41. The van der Waals surface area contributed by atoms with Crippen LogP contribution in [0, 0.1) is 18.3 Å². The number of rotatable bonds is 11. The second-order valence-corrected chi connectivity index (χ2v) is 10.7. The number of aryl methyl sites for hydroxylation is 3. The van der Waals surface area contributed by atoms with Crippen molar-refractivity contribution in [3.63, 3.8) is 0 Å². The maximum Gasteiger partial charge on any atom is 0.247 e. The van der Waals surface area contributed by atoms with Crippen LogP contribution in [0.3, 0.4) is 0 Å². The minimum atomic E-state index is -0.294. The van der Waals surface area contributed by atoms with Crippen LogP contribution in [0.4, 0.5) is 23.0 Å². The van der Waals surface area contributed by atoms with E-state index < -0.39 is 0 Å². The SMILES string of the molecule is C=CC(=O)Nc1cc(Nc2ncc(OCC#N)c(-c3cn4c5c(cccc35)CCC4)n2)c(C)cc1N(C)CCN(C)C. The zero-order valence-corrected chi connectivity index (χ0v) is 24.6. The van der Waals surface area contributed by atoms with E-state index in [0.717, 1.165) is 60.4 Å². The lowest BCUT2D eigenvalue weighted by molar-refractivity contribution is -0.111. The molecule has 4 aromatic rings. The van der Waals surface area contributed by atoms with E-state index >= 15 is 0 Å². The largest absolute Gasteiger partial charge is 0.475 e. The van der Waals surface area contributed by atoms with Crippen molar-refractivity contribution in [2.24, 2.45) is 0 Å². The number of para-hydroxylation sites is 1. The van der Waals surface area contributed by atoms with Gasteiger partial charge in [0.05, 0.1) is 23.1 Å². The Bertz CT molecular complexity index is 1680. The Morgan fingerprint density at radius 1 is 1.24 bits per heavy atom. The van der Waals surface area contributed by atoms with Crippen molar-refractivity contribution in [2.45, 2.75) is 26.3 Å². The van der Waals surface area contributed by atoms with Gasteiger partial charge in [-0.05, 0) is 63.2 Å². The summed E-state index contributed by atoms with van der Waals surface area (Å²) in [5.41, 5.74) is 7.33. The molecule has 0 aliphatic carbocycles. The average Bonchev–Trinajstić information content (AvgIpc) is 3.36. The summed E-state index contributed by atoms with van der Waals surface area (Å²) < 4.78 is 8.05. The number of hydrogen-bond acceptors (Lipinski definition) is 8. The maximum absolute atomic E-state index is 12.3. The van der Waals surface area contributed by atoms with E-state index in [4.69, 9.17) is 9.72 Å². The number of anilines is 4. The molecule has 0 radical (unpaired) electrons. The van der Waals surface area contributed by atoms with Gasteiger partial charge in [0.25, 0.3) is 0 Å². The standard InChI is InChI=1S/C32H36N8O2/c1-6-29(41)35-26-18-25(21(2)17-27(26)39(5)15-14-38(3)4)36-32-34-19-28(42-16-12-33)30(37-32)24-20-40-13-8-10-22-9-7-11-23(24)31(22)40/h6-7,9,11,17-20H,1,8,10,13-16H2,2-5H3,(H,35,41)(H,34,36,37). The maximum atomic E-state index is 12.3. The third-order valence-electron chi connectivity index (χ3n) is 7.46. The lowest BCUT2D eigenvalue weighted by Crippen LogP contribution is -2.29. The fourth-order valence-corrected chi connectivity index (χ4v) is 5.30. The normalized spacial score (nSPS) is 12.2. The molecule has 1 aliphatic heterocycles. The Balaban J connectivity index is 1.55. The predicted molar refractivity (Wildman–Crippen MR) is 168 cm³/mol. The number of nitrogens with one attached hydrogen (secondary N) is 2. The van der Waals surface area contributed by atoms with Crippen LogP contribution < -0.4 is 20.3 Å². The van der Waals surface area contributed by atoms with Gasteiger partial charge in [-0.25, -0.2) is 9.97 Å². The molecule has 0 bridgehead atoms. The first-order valence-corrected chi connectivity index (χ1v) is 14.0. The minimum absolute atomic E-state index is 0.110. The third-order valence-corrected chi connectivity index (χ3v) is 7.46. The molecule has 1 amide bonds. The molecule has 0 unspecified atom stereocenters. The van der Waals surface area contributed by atoms with Crippen LogP contribution in [-0.4, -0.2) is 66.2 Å². The number of amides is 1. The molecule has 10 nitrogen and oxygen atoms in total.